The van der Waals surface area contributed by atoms with Gasteiger partial charge in [-0.25, -0.2) is 0 Å². The van der Waals surface area contributed by atoms with E-state index in [1.807, 2.05) is 18.2 Å². The summed E-state index contributed by atoms with van der Waals surface area (Å²) >= 11 is 3.49. The number of anilines is 1. The van der Waals surface area contributed by atoms with Crippen LogP contribution in [0.2, 0.25) is 0 Å². The number of halogens is 1. The SMILES string of the molecule is COCCC1(CNc2ccc(C#N)cc2Br)CC1. The molecule has 4 heteroatoms. The van der Waals surface area contributed by atoms with Gasteiger partial charge < -0.3 is 10.1 Å². The molecular formula is C14H17BrN2O. The van der Waals surface area contributed by atoms with Crippen molar-refractivity contribution in [1.29, 1.82) is 5.26 Å². The van der Waals surface area contributed by atoms with E-state index < -0.39 is 0 Å². The fourth-order valence-corrected chi connectivity index (χ4v) is 2.54. The largest absolute Gasteiger partial charge is 0.385 e. The second-order valence-corrected chi connectivity index (χ2v) is 5.76. The summed E-state index contributed by atoms with van der Waals surface area (Å²) in [5.41, 5.74) is 2.15. The Morgan fingerprint density at radius 2 is 2.28 bits per heavy atom. The Morgan fingerprint density at radius 1 is 1.50 bits per heavy atom. The van der Waals surface area contributed by atoms with Gasteiger partial charge in [-0.2, -0.15) is 5.26 Å². The van der Waals surface area contributed by atoms with Gasteiger partial charge in [0.05, 0.1) is 11.6 Å². The van der Waals surface area contributed by atoms with Crippen molar-refractivity contribution in [2.24, 2.45) is 5.41 Å². The van der Waals surface area contributed by atoms with Crippen molar-refractivity contribution in [3.05, 3.63) is 28.2 Å². The van der Waals surface area contributed by atoms with Gasteiger partial charge in [-0.05, 0) is 58.8 Å². The van der Waals surface area contributed by atoms with Crippen molar-refractivity contribution in [3.63, 3.8) is 0 Å². The molecule has 0 aliphatic heterocycles. The second-order valence-electron chi connectivity index (χ2n) is 4.90. The summed E-state index contributed by atoms with van der Waals surface area (Å²) < 4.78 is 6.10. The number of hydrogen-bond donors (Lipinski definition) is 1. The van der Waals surface area contributed by atoms with Crippen LogP contribution in [-0.2, 0) is 4.74 Å². The molecule has 0 unspecified atom stereocenters. The van der Waals surface area contributed by atoms with Gasteiger partial charge in [0, 0.05) is 30.4 Å². The van der Waals surface area contributed by atoms with Crippen LogP contribution < -0.4 is 5.32 Å². The number of methoxy groups -OCH3 is 1. The van der Waals surface area contributed by atoms with Crippen molar-refractivity contribution in [2.75, 3.05) is 25.6 Å². The molecule has 0 aromatic heterocycles. The van der Waals surface area contributed by atoms with Crippen LogP contribution in [-0.4, -0.2) is 20.3 Å². The van der Waals surface area contributed by atoms with Crippen molar-refractivity contribution in [1.82, 2.24) is 0 Å². The molecule has 0 saturated heterocycles. The number of nitrogens with one attached hydrogen (secondary N) is 1. The van der Waals surface area contributed by atoms with Gasteiger partial charge in [0.1, 0.15) is 0 Å². The topological polar surface area (TPSA) is 45.0 Å². The molecule has 3 nitrogen and oxygen atoms in total. The van der Waals surface area contributed by atoms with Crippen LogP contribution in [0.3, 0.4) is 0 Å². The van der Waals surface area contributed by atoms with Crippen molar-refractivity contribution in [2.45, 2.75) is 19.3 Å². The Labute approximate surface area is 116 Å². The minimum atomic E-state index is 0.420. The number of nitrogens with zero attached hydrogens (tertiary/aromatic N) is 1. The maximum atomic E-state index is 8.81. The number of hydrogen-bond acceptors (Lipinski definition) is 3. The molecular weight excluding hydrogens is 292 g/mol. The third-order valence-electron chi connectivity index (χ3n) is 3.55. The Kier molecular flexibility index (Phi) is 4.26. The first-order chi connectivity index (χ1) is 8.69. The van der Waals surface area contributed by atoms with E-state index >= 15 is 0 Å². The summed E-state index contributed by atoms with van der Waals surface area (Å²) in [5.74, 6) is 0. The molecule has 1 fully saturated rings. The fourth-order valence-electron chi connectivity index (χ4n) is 2.02. The van der Waals surface area contributed by atoms with E-state index in [0.29, 0.717) is 11.0 Å². The highest BCUT2D eigenvalue weighted by Gasteiger charge is 2.41. The molecule has 18 heavy (non-hydrogen) atoms. The van der Waals surface area contributed by atoms with Gasteiger partial charge in [-0.1, -0.05) is 0 Å². The number of ether oxygens (including phenoxy) is 1. The Balaban J connectivity index is 1.93. The number of nitriles is 1. The van der Waals surface area contributed by atoms with Gasteiger partial charge in [0.15, 0.2) is 0 Å². The van der Waals surface area contributed by atoms with Crippen molar-refractivity contribution >= 4 is 21.6 Å². The molecule has 1 aromatic carbocycles. The first kappa shape index (κ1) is 13.4. The zero-order chi connectivity index (χ0) is 13.0. The van der Waals surface area contributed by atoms with E-state index in [1.165, 1.54) is 12.8 Å². The van der Waals surface area contributed by atoms with Crippen LogP contribution in [0.5, 0.6) is 0 Å². The molecule has 0 spiro atoms. The first-order valence-electron chi connectivity index (χ1n) is 6.12. The average molecular weight is 309 g/mol. The zero-order valence-electron chi connectivity index (χ0n) is 10.5. The maximum Gasteiger partial charge on any atom is 0.0992 e. The van der Waals surface area contributed by atoms with Crippen molar-refractivity contribution < 1.29 is 4.74 Å². The van der Waals surface area contributed by atoms with E-state index in [4.69, 9.17) is 10.00 Å². The molecule has 1 saturated carbocycles. The predicted octanol–water partition coefficient (Wildman–Crippen LogP) is 3.55. The highest BCUT2D eigenvalue weighted by molar-refractivity contribution is 9.10. The molecule has 0 bridgehead atoms. The monoisotopic (exact) mass is 308 g/mol. The molecule has 0 atom stereocenters. The van der Waals surface area contributed by atoms with Crippen LogP contribution in [0.25, 0.3) is 0 Å². The smallest absolute Gasteiger partial charge is 0.0992 e. The summed E-state index contributed by atoms with van der Waals surface area (Å²) in [6.07, 6.45) is 3.67. The molecule has 2 rings (SSSR count). The lowest BCUT2D eigenvalue weighted by Gasteiger charge is -2.17. The fraction of sp³-hybridized carbons (Fsp3) is 0.500. The zero-order valence-corrected chi connectivity index (χ0v) is 12.1. The highest BCUT2D eigenvalue weighted by Crippen LogP contribution is 2.48. The normalized spacial score (nSPS) is 16.1. The summed E-state index contributed by atoms with van der Waals surface area (Å²) in [6, 6.07) is 7.77. The maximum absolute atomic E-state index is 8.81. The Hall–Kier alpha value is -1.05. The van der Waals surface area contributed by atoms with Crippen LogP contribution in [0.15, 0.2) is 22.7 Å². The van der Waals surface area contributed by atoms with Gasteiger partial charge in [-0.3, -0.25) is 0 Å². The highest BCUT2D eigenvalue weighted by atomic mass is 79.9. The van der Waals surface area contributed by atoms with Gasteiger partial charge in [0.25, 0.3) is 0 Å². The summed E-state index contributed by atoms with van der Waals surface area (Å²) in [6.45, 7) is 1.80. The molecule has 0 amide bonds. The molecule has 1 aliphatic carbocycles. The van der Waals surface area contributed by atoms with E-state index in [2.05, 4.69) is 27.3 Å². The standard InChI is InChI=1S/C14H17BrN2O/c1-18-7-6-14(4-5-14)10-17-13-3-2-11(9-16)8-12(13)15/h2-3,8,17H,4-7,10H2,1H3. The van der Waals surface area contributed by atoms with E-state index in [0.717, 1.165) is 29.7 Å². The molecule has 1 aliphatic rings. The summed E-state index contributed by atoms with van der Waals surface area (Å²) in [5, 5.41) is 12.3. The van der Waals surface area contributed by atoms with Crippen molar-refractivity contribution in [3.8, 4) is 6.07 Å². The molecule has 1 aromatic rings. The number of benzene rings is 1. The quantitative estimate of drug-likeness (QED) is 0.874. The minimum Gasteiger partial charge on any atom is -0.385 e. The molecule has 1 N–H and O–H groups in total. The second kappa shape index (κ2) is 5.73. The summed E-state index contributed by atoms with van der Waals surface area (Å²) in [7, 11) is 1.75. The minimum absolute atomic E-state index is 0.420. The third kappa shape index (κ3) is 3.24. The third-order valence-corrected chi connectivity index (χ3v) is 4.20. The lowest BCUT2D eigenvalue weighted by molar-refractivity contribution is 0.175. The van der Waals surface area contributed by atoms with E-state index in [1.54, 1.807) is 7.11 Å². The molecule has 0 radical (unpaired) electrons. The van der Waals surface area contributed by atoms with Crippen LogP contribution >= 0.6 is 15.9 Å². The van der Waals surface area contributed by atoms with E-state index in [9.17, 15) is 0 Å². The number of rotatable bonds is 6. The Bertz CT molecular complexity index is 463. The lowest BCUT2D eigenvalue weighted by Crippen LogP contribution is -2.17. The molecule has 96 valence electrons. The van der Waals surface area contributed by atoms with Crippen LogP contribution in [0, 0.1) is 16.7 Å². The van der Waals surface area contributed by atoms with Crippen LogP contribution in [0.1, 0.15) is 24.8 Å². The van der Waals surface area contributed by atoms with Crippen LogP contribution in [0.4, 0.5) is 5.69 Å². The van der Waals surface area contributed by atoms with Gasteiger partial charge in [-0.15, -0.1) is 0 Å². The van der Waals surface area contributed by atoms with Gasteiger partial charge >= 0.3 is 0 Å². The summed E-state index contributed by atoms with van der Waals surface area (Å²) in [4.78, 5) is 0. The average Bonchev–Trinajstić information content (AvgIpc) is 3.15. The first-order valence-corrected chi connectivity index (χ1v) is 6.91. The van der Waals surface area contributed by atoms with Gasteiger partial charge in [0.2, 0.25) is 0 Å². The lowest BCUT2D eigenvalue weighted by atomic mass is 10.0. The predicted molar refractivity (Wildman–Crippen MR) is 75.5 cm³/mol. The Morgan fingerprint density at radius 3 is 2.83 bits per heavy atom. The molecule has 0 heterocycles. The van der Waals surface area contributed by atoms with E-state index in [-0.39, 0.29) is 0 Å².